The van der Waals surface area contributed by atoms with Gasteiger partial charge in [0.25, 0.3) is 0 Å². The molecule has 36 heavy (non-hydrogen) atoms. The fourth-order valence-electron chi connectivity index (χ4n) is 5.27. The molecule has 0 saturated heterocycles. The van der Waals surface area contributed by atoms with E-state index in [1.165, 1.54) is 6.92 Å². The van der Waals surface area contributed by atoms with E-state index in [1.54, 1.807) is 25.2 Å². The Balaban J connectivity index is 1.67. The number of allylic oxidation sites excluding steroid dienone is 1. The van der Waals surface area contributed by atoms with Crippen LogP contribution in [0, 0.1) is 0 Å². The van der Waals surface area contributed by atoms with Gasteiger partial charge in [0.15, 0.2) is 17.3 Å². The molecule has 6 nitrogen and oxygen atoms in total. The average Bonchev–Trinajstić information content (AvgIpc) is 3.03. The Hall–Kier alpha value is -3.77. The summed E-state index contributed by atoms with van der Waals surface area (Å²) in [6.45, 7) is 1.53. The highest BCUT2D eigenvalue weighted by Crippen LogP contribution is 2.48. The van der Waals surface area contributed by atoms with Gasteiger partial charge in [0.1, 0.15) is 0 Å². The minimum Gasteiger partial charge on any atom is -0.493 e. The smallest absolute Gasteiger partial charge is 0.224 e. The summed E-state index contributed by atoms with van der Waals surface area (Å²) in [5.41, 5.74) is 4.70. The van der Waals surface area contributed by atoms with E-state index in [1.807, 2.05) is 60.7 Å². The summed E-state index contributed by atoms with van der Waals surface area (Å²) in [6, 6.07) is 20.2. The van der Waals surface area contributed by atoms with Crippen LogP contribution in [0.25, 0.3) is 0 Å². The fraction of sp³-hybridized carbons (Fsp3) is 0.241. The van der Waals surface area contributed by atoms with Crippen molar-refractivity contribution in [3.05, 3.63) is 94.1 Å². The van der Waals surface area contributed by atoms with E-state index in [0.29, 0.717) is 34.9 Å². The SMILES string of the molecule is COc1ccc([C@H]2CC(=O)C3=C(C2)Nc2ccccc2N(C(C)=O)[C@@H]3c2cccc(Cl)c2)cc1OC. The zero-order valence-corrected chi connectivity index (χ0v) is 21.1. The Morgan fingerprint density at radius 3 is 2.44 bits per heavy atom. The van der Waals surface area contributed by atoms with E-state index in [4.69, 9.17) is 21.1 Å². The van der Waals surface area contributed by atoms with Crippen molar-refractivity contribution >= 4 is 34.7 Å². The van der Waals surface area contributed by atoms with Gasteiger partial charge in [-0.25, -0.2) is 0 Å². The molecule has 5 rings (SSSR count). The molecule has 1 N–H and O–H groups in total. The number of ether oxygens (including phenoxy) is 2. The molecule has 0 saturated carbocycles. The topological polar surface area (TPSA) is 67.9 Å². The molecule has 0 aromatic heterocycles. The molecule has 0 unspecified atom stereocenters. The molecule has 7 heteroatoms. The zero-order valence-electron chi connectivity index (χ0n) is 20.4. The standard InChI is InChI=1S/C29H27ClN2O4/c1-17(33)32-24-10-5-4-9-22(24)31-23-14-20(18-11-12-26(35-2)27(16-18)36-3)15-25(34)28(23)29(32)19-7-6-8-21(30)13-19/h4-13,16,20,29,31H,14-15H2,1-3H3/t20-,29-/m1/s1. The second-order valence-corrected chi connectivity index (χ2v) is 9.46. The quantitative estimate of drug-likeness (QED) is 0.455. The van der Waals surface area contributed by atoms with Gasteiger partial charge in [-0.15, -0.1) is 0 Å². The van der Waals surface area contributed by atoms with Crippen LogP contribution in [0.3, 0.4) is 0 Å². The van der Waals surface area contributed by atoms with Gasteiger partial charge in [-0.2, -0.15) is 0 Å². The van der Waals surface area contributed by atoms with Crippen molar-refractivity contribution in [2.24, 2.45) is 0 Å². The predicted octanol–water partition coefficient (Wildman–Crippen LogP) is 6.28. The predicted molar refractivity (Wildman–Crippen MR) is 141 cm³/mol. The molecule has 184 valence electrons. The molecule has 0 bridgehead atoms. The van der Waals surface area contributed by atoms with Gasteiger partial charge in [-0.05, 0) is 59.9 Å². The molecule has 2 atom stereocenters. The van der Waals surface area contributed by atoms with Gasteiger partial charge in [-0.3, -0.25) is 14.5 Å². The Morgan fingerprint density at radius 1 is 0.944 bits per heavy atom. The highest BCUT2D eigenvalue weighted by Gasteiger charge is 2.41. The van der Waals surface area contributed by atoms with E-state index >= 15 is 0 Å². The lowest BCUT2D eigenvalue weighted by Gasteiger charge is -2.34. The van der Waals surface area contributed by atoms with E-state index in [9.17, 15) is 9.59 Å². The molecule has 1 aliphatic carbocycles. The maximum absolute atomic E-state index is 13.9. The van der Waals surface area contributed by atoms with E-state index in [2.05, 4.69) is 5.32 Å². The number of halogens is 1. The second kappa shape index (κ2) is 9.70. The van der Waals surface area contributed by atoms with Crippen LogP contribution in [0.15, 0.2) is 78.0 Å². The van der Waals surface area contributed by atoms with Crippen molar-refractivity contribution in [1.82, 2.24) is 0 Å². The number of carbonyl (C=O) groups is 2. The third-order valence-corrected chi connectivity index (χ3v) is 7.11. The zero-order chi connectivity index (χ0) is 25.4. The first-order valence-electron chi connectivity index (χ1n) is 11.8. The summed E-state index contributed by atoms with van der Waals surface area (Å²) in [5, 5.41) is 4.07. The fourth-order valence-corrected chi connectivity index (χ4v) is 5.47. The molecular formula is C29H27ClN2O4. The summed E-state index contributed by atoms with van der Waals surface area (Å²) in [6.07, 6.45) is 0.919. The molecule has 3 aromatic rings. The Morgan fingerprint density at radius 2 is 1.72 bits per heavy atom. The van der Waals surface area contributed by atoms with Crippen molar-refractivity contribution in [2.45, 2.75) is 31.7 Å². The van der Waals surface area contributed by atoms with Crippen molar-refractivity contribution in [3.8, 4) is 11.5 Å². The lowest BCUT2D eigenvalue weighted by Crippen LogP contribution is -2.37. The van der Waals surface area contributed by atoms with Crippen LogP contribution < -0.4 is 19.7 Å². The van der Waals surface area contributed by atoms with Gasteiger partial charge in [0.2, 0.25) is 5.91 Å². The largest absolute Gasteiger partial charge is 0.493 e. The molecule has 0 spiro atoms. The van der Waals surface area contributed by atoms with Gasteiger partial charge in [0, 0.05) is 29.6 Å². The number of anilines is 2. The minimum absolute atomic E-state index is 0.00688. The normalized spacial score (nSPS) is 19.1. The van der Waals surface area contributed by atoms with Crippen LogP contribution in [-0.2, 0) is 9.59 Å². The molecular weight excluding hydrogens is 476 g/mol. The van der Waals surface area contributed by atoms with Crippen LogP contribution in [0.4, 0.5) is 11.4 Å². The first-order chi connectivity index (χ1) is 17.4. The number of para-hydroxylation sites is 2. The number of fused-ring (bicyclic) bond motifs is 1. The Bertz CT molecular complexity index is 1380. The van der Waals surface area contributed by atoms with E-state index < -0.39 is 6.04 Å². The lowest BCUT2D eigenvalue weighted by molar-refractivity contribution is -0.117. The summed E-state index contributed by atoms with van der Waals surface area (Å²) in [7, 11) is 3.20. The lowest BCUT2D eigenvalue weighted by atomic mass is 9.78. The van der Waals surface area contributed by atoms with Crippen molar-refractivity contribution in [2.75, 3.05) is 24.4 Å². The highest BCUT2D eigenvalue weighted by molar-refractivity contribution is 6.30. The number of hydrogen-bond acceptors (Lipinski definition) is 5. The summed E-state index contributed by atoms with van der Waals surface area (Å²) in [5.74, 6) is 1.05. The number of methoxy groups -OCH3 is 2. The number of benzene rings is 3. The van der Waals surface area contributed by atoms with Crippen molar-refractivity contribution < 1.29 is 19.1 Å². The van der Waals surface area contributed by atoms with Gasteiger partial charge >= 0.3 is 0 Å². The van der Waals surface area contributed by atoms with Crippen LogP contribution in [0.2, 0.25) is 5.02 Å². The first kappa shape index (κ1) is 23.9. The summed E-state index contributed by atoms with van der Waals surface area (Å²) >= 11 is 6.36. The van der Waals surface area contributed by atoms with Crippen LogP contribution in [0.5, 0.6) is 11.5 Å². The Labute approximate surface area is 215 Å². The Kier molecular flexibility index (Phi) is 6.46. The van der Waals surface area contributed by atoms with E-state index in [-0.39, 0.29) is 17.6 Å². The number of ketones is 1. The highest BCUT2D eigenvalue weighted by atomic mass is 35.5. The van der Waals surface area contributed by atoms with Crippen LogP contribution in [-0.4, -0.2) is 25.9 Å². The van der Waals surface area contributed by atoms with Gasteiger partial charge in [0.05, 0.1) is 31.6 Å². The summed E-state index contributed by atoms with van der Waals surface area (Å²) < 4.78 is 10.9. The maximum Gasteiger partial charge on any atom is 0.224 e. The number of nitrogens with zero attached hydrogens (tertiary/aromatic N) is 1. The molecule has 2 aliphatic rings. The third kappa shape index (κ3) is 4.22. The van der Waals surface area contributed by atoms with Crippen LogP contribution >= 0.6 is 11.6 Å². The first-order valence-corrected chi connectivity index (χ1v) is 12.2. The average molecular weight is 503 g/mol. The number of nitrogens with one attached hydrogen (secondary N) is 1. The molecule has 1 heterocycles. The van der Waals surface area contributed by atoms with Gasteiger partial charge in [-0.1, -0.05) is 41.9 Å². The summed E-state index contributed by atoms with van der Waals surface area (Å²) in [4.78, 5) is 28.7. The number of rotatable bonds is 4. The number of amides is 1. The van der Waals surface area contributed by atoms with Crippen molar-refractivity contribution in [3.63, 3.8) is 0 Å². The van der Waals surface area contributed by atoms with Crippen molar-refractivity contribution in [1.29, 1.82) is 0 Å². The second-order valence-electron chi connectivity index (χ2n) is 9.02. The van der Waals surface area contributed by atoms with E-state index in [0.717, 1.165) is 28.2 Å². The monoisotopic (exact) mass is 502 g/mol. The minimum atomic E-state index is -0.591. The third-order valence-electron chi connectivity index (χ3n) is 6.87. The molecule has 0 radical (unpaired) electrons. The molecule has 3 aromatic carbocycles. The van der Waals surface area contributed by atoms with Crippen LogP contribution in [0.1, 0.15) is 42.9 Å². The van der Waals surface area contributed by atoms with Gasteiger partial charge < -0.3 is 14.8 Å². The maximum atomic E-state index is 13.9. The number of carbonyl (C=O) groups excluding carboxylic acids is 2. The molecule has 0 fully saturated rings. The molecule has 1 aliphatic heterocycles. The number of Topliss-reactive ketones (excluding diaryl/α,β-unsaturated/α-hetero) is 1. The molecule has 1 amide bonds. The number of hydrogen-bond donors (Lipinski definition) is 1.